The third-order valence-corrected chi connectivity index (χ3v) is 10.2. The summed E-state index contributed by atoms with van der Waals surface area (Å²) in [5.74, 6) is 0. The van der Waals surface area contributed by atoms with Gasteiger partial charge in [-0.25, -0.2) is 4.57 Å². The van der Waals surface area contributed by atoms with Crippen LogP contribution in [0.25, 0.3) is 52.3 Å². The van der Waals surface area contributed by atoms with Crippen molar-refractivity contribution in [3.63, 3.8) is 0 Å². The second kappa shape index (κ2) is 5.85. The highest BCUT2D eigenvalue weighted by molar-refractivity contribution is 8.00. The summed E-state index contributed by atoms with van der Waals surface area (Å²) in [6.45, 7) is 4.61. The van der Waals surface area contributed by atoms with Crippen LogP contribution in [0.1, 0.15) is 11.1 Å². The number of hydrogen-bond donors (Lipinski definition) is 0. The standard InChI is InChI=1S/C26H18NS3/c1-13-16-9-11-28-23(16)14(2)24-20(13)22-21-15(8-10-27(22)3)12-18-17-6-4-5-7-19(17)29-25(18)26(21)30-24/h4-12H,1-3H3/q+1. The van der Waals surface area contributed by atoms with E-state index in [0.29, 0.717) is 0 Å². The predicted octanol–water partition coefficient (Wildman–Crippen LogP) is 8.00. The first kappa shape index (κ1) is 17.3. The quantitative estimate of drug-likeness (QED) is 0.216. The van der Waals surface area contributed by atoms with Crippen molar-refractivity contribution >= 4 is 75.5 Å². The number of fused-ring (bicyclic) bond motifs is 7. The number of thiophene rings is 2. The van der Waals surface area contributed by atoms with Gasteiger partial charge in [-0.05, 0) is 59.3 Å². The fourth-order valence-electron chi connectivity index (χ4n) is 5.07. The molecule has 3 aromatic heterocycles. The number of aryl methyl sites for hydroxylation is 3. The molecular weight excluding hydrogens is 422 g/mol. The summed E-state index contributed by atoms with van der Waals surface area (Å²) < 4.78 is 6.56. The molecule has 0 unspecified atom stereocenters. The van der Waals surface area contributed by atoms with Crippen LogP contribution >= 0.6 is 34.4 Å². The van der Waals surface area contributed by atoms with Crippen molar-refractivity contribution in [2.24, 2.45) is 7.05 Å². The van der Waals surface area contributed by atoms with E-state index in [1.807, 2.05) is 34.4 Å². The predicted molar refractivity (Wildman–Crippen MR) is 132 cm³/mol. The summed E-state index contributed by atoms with van der Waals surface area (Å²) in [5.41, 5.74) is 5.62. The molecule has 7 rings (SSSR count). The van der Waals surface area contributed by atoms with Gasteiger partial charge in [0.1, 0.15) is 7.05 Å². The van der Waals surface area contributed by atoms with Crippen LogP contribution < -0.4 is 4.57 Å². The van der Waals surface area contributed by atoms with E-state index in [0.717, 1.165) is 0 Å². The Morgan fingerprint density at radius 3 is 2.60 bits per heavy atom. The maximum absolute atomic E-state index is 2.41. The fraction of sp³-hybridized carbons (Fsp3) is 0.115. The highest BCUT2D eigenvalue weighted by Crippen LogP contribution is 2.55. The Morgan fingerprint density at radius 1 is 0.833 bits per heavy atom. The fourth-order valence-corrected chi connectivity index (χ4v) is 8.81. The number of nitrogens with zero attached hydrogens (tertiary/aromatic N) is 1. The monoisotopic (exact) mass is 440 g/mol. The molecular formula is C26H18NS3+. The SMILES string of the molecule is Cc1c2c(c(C)c3sccc13)Sc1c3sc4ccccc4c3cc3cc[n+](C)c-2c13. The van der Waals surface area contributed by atoms with Gasteiger partial charge in [0, 0.05) is 36.0 Å². The van der Waals surface area contributed by atoms with Gasteiger partial charge in [0.15, 0.2) is 6.20 Å². The van der Waals surface area contributed by atoms with E-state index in [4.69, 9.17) is 0 Å². The van der Waals surface area contributed by atoms with Crippen LogP contribution in [0.4, 0.5) is 0 Å². The normalized spacial score (nSPS) is 13.0. The van der Waals surface area contributed by atoms with Gasteiger partial charge in [0.25, 0.3) is 0 Å². The first-order valence-corrected chi connectivity index (χ1v) is 12.6. The van der Waals surface area contributed by atoms with Crippen LogP contribution in [0, 0.1) is 13.8 Å². The lowest BCUT2D eigenvalue weighted by molar-refractivity contribution is -0.659. The smallest absolute Gasteiger partial charge is 0.200 e. The molecule has 4 heteroatoms. The Bertz CT molecular complexity index is 1700. The Labute approximate surface area is 186 Å². The molecule has 6 aromatic rings. The molecule has 4 heterocycles. The van der Waals surface area contributed by atoms with Crippen LogP contribution in [0.15, 0.2) is 63.8 Å². The molecule has 0 aliphatic carbocycles. The second-order valence-corrected chi connectivity index (χ2v) is 11.1. The number of hydrogen-bond acceptors (Lipinski definition) is 3. The van der Waals surface area contributed by atoms with Gasteiger partial charge in [-0.2, -0.15) is 0 Å². The van der Waals surface area contributed by atoms with Crippen LogP contribution in [0.5, 0.6) is 0 Å². The van der Waals surface area contributed by atoms with Crippen LogP contribution in [0.3, 0.4) is 0 Å². The Morgan fingerprint density at radius 2 is 1.70 bits per heavy atom. The highest BCUT2D eigenvalue weighted by Gasteiger charge is 2.32. The maximum Gasteiger partial charge on any atom is 0.222 e. The third-order valence-electron chi connectivity index (χ3n) is 6.52. The molecule has 0 saturated carbocycles. The van der Waals surface area contributed by atoms with Crippen LogP contribution in [-0.4, -0.2) is 0 Å². The number of pyridine rings is 1. The van der Waals surface area contributed by atoms with E-state index >= 15 is 0 Å². The molecule has 0 saturated heterocycles. The van der Waals surface area contributed by atoms with Gasteiger partial charge in [-0.1, -0.05) is 30.0 Å². The van der Waals surface area contributed by atoms with Gasteiger partial charge in [0.05, 0.1) is 15.6 Å². The molecule has 0 spiro atoms. The van der Waals surface area contributed by atoms with Gasteiger partial charge in [-0.15, -0.1) is 22.7 Å². The molecule has 0 N–H and O–H groups in total. The lowest BCUT2D eigenvalue weighted by atomic mass is 9.94. The molecule has 0 radical (unpaired) electrons. The van der Waals surface area contributed by atoms with Crippen molar-refractivity contribution in [3.8, 4) is 11.3 Å². The lowest BCUT2D eigenvalue weighted by Gasteiger charge is -2.22. The van der Waals surface area contributed by atoms with E-state index in [2.05, 4.69) is 79.5 Å². The van der Waals surface area contributed by atoms with E-state index in [9.17, 15) is 0 Å². The van der Waals surface area contributed by atoms with Crippen LogP contribution in [-0.2, 0) is 7.05 Å². The zero-order valence-electron chi connectivity index (χ0n) is 16.9. The molecule has 1 aliphatic heterocycles. The zero-order chi connectivity index (χ0) is 20.1. The van der Waals surface area contributed by atoms with E-state index < -0.39 is 0 Å². The molecule has 0 amide bonds. The average Bonchev–Trinajstić information content (AvgIpc) is 3.39. The molecule has 0 fully saturated rings. The number of rotatable bonds is 0. The molecule has 144 valence electrons. The number of aromatic nitrogens is 1. The molecule has 30 heavy (non-hydrogen) atoms. The molecule has 0 atom stereocenters. The van der Waals surface area contributed by atoms with Crippen molar-refractivity contribution in [1.29, 1.82) is 0 Å². The second-order valence-electron chi connectivity index (χ2n) is 8.14. The van der Waals surface area contributed by atoms with Crippen LogP contribution in [0.2, 0.25) is 0 Å². The minimum Gasteiger partial charge on any atom is -0.200 e. The molecule has 1 nitrogen and oxygen atoms in total. The Balaban J connectivity index is 1.75. The zero-order valence-corrected chi connectivity index (χ0v) is 19.3. The van der Waals surface area contributed by atoms with E-state index in [1.165, 1.54) is 73.2 Å². The average molecular weight is 441 g/mol. The largest absolute Gasteiger partial charge is 0.222 e. The Kier molecular flexibility index (Phi) is 3.37. The van der Waals surface area contributed by atoms with Crippen molar-refractivity contribution < 1.29 is 4.57 Å². The van der Waals surface area contributed by atoms with Gasteiger partial charge < -0.3 is 0 Å². The van der Waals surface area contributed by atoms with E-state index in [-0.39, 0.29) is 0 Å². The summed E-state index contributed by atoms with van der Waals surface area (Å²) in [7, 11) is 2.19. The molecule has 3 aromatic carbocycles. The summed E-state index contributed by atoms with van der Waals surface area (Å²) in [6.07, 6.45) is 2.23. The van der Waals surface area contributed by atoms with Crippen molar-refractivity contribution in [1.82, 2.24) is 0 Å². The summed E-state index contributed by atoms with van der Waals surface area (Å²) >= 11 is 5.80. The topological polar surface area (TPSA) is 3.88 Å². The Hall–Kier alpha value is -2.40. The maximum atomic E-state index is 2.41. The molecule has 1 aliphatic rings. The summed E-state index contributed by atoms with van der Waals surface area (Å²) in [4.78, 5) is 2.86. The van der Waals surface area contributed by atoms with Crippen molar-refractivity contribution in [2.75, 3.05) is 0 Å². The minimum atomic E-state index is 1.34. The summed E-state index contributed by atoms with van der Waals surface area (Å²) in [5, 5.41) is 9.15. The first-order valence-electron chi connectivity index (χ1n) is 10.1. The third kappa shape index (κ3) is 2.02. The summed E-state index contributed by atoms with van der Waals surface area (Å²) in [6, 6.07) is 15.8. The minimum absolute atomic E-state index is 1.34. The van der Waals surface area contributed by atoms with Gasteiger partial charge in [0.2, 0.25) is 5.69 Å². The highest BCUT2D eigenvalue weighted by atomic mass is 32.2. The van der Waals surface area contributed by atoms with Gasteiger partial charge >= 0.3 is 0 Å². The van der Waals surface area contributed by atoms with Gasteiger partial charge in [-0.3, -0.25) is 0 Å². The van der Waals surface area contributed by atoms with E-state index in [1.54, 1.807) is 0 Å². The van der Waals surface area contributed by atoms with Crippen molar-refractivity contribution in [2.45, 2.75) is 23.6 Å². The molecule has 0 bridgehead atoms. The number of benzene rings is 3. The van der Waals surface area contributed by atoms with Crippen molar-refractivity contribution in [3.05, 3.63) is 65.2 Å². The lowest BCUT2D eigenvalue weighted by Crippen LogP contribution is -2.31. The first-order chi connectivity index (χ1) is 14.6.